The number of hydrogen-bond acceptors (Lipinski definition) is 3. The largest absolute Gasteiger partial charge is 0.487 e. The van der Waals surface area contributed by atoms with Gasteiger partial charge >= 0.3 is 6.03 Å². The molecule has 2 aliphatic rings. The van der Waals surface area contributed by atoms with Crippen molar-refractivity contribution in [1.82, 2.24) is 9.80 Å². The average molecular weight is 355 g/mol. The number of carbonyl (C=O) groups excluding carboxylic acids is 1. The first-order valence-electron chi connectivity index (χ1n) is 8.95. The van der Waals surface area contributed by atoms with Gasteiger partial charge in [-0.2, -0.15) is 0 Å². The smallest absolute Gasteiger partial charge is 0.320 e. The van der Waals surface area contributed by atoms with E-state index in [1.54, 1.807) is 12.1 Å². The highest BCUT2D eigenvalue weighted by atomic mass is 19.1. The molecule has 4 rings (SSSR count). The zero-order valence-corrected chi connectivity index (χ0v) is 14.6. The lowest BCUT2D eigenvalue weighted by atomic mass is 10.1. The van der Waals surface area contributed by atoms with E-state index < -0.39 is 0 Å². The van der Waals surface area contributed by atoms with Gasteiger partial charge in [-0.25, -0.2) is 9.18 Å². The first kappa shape index (κ1) is 16.7. The monoisotopic (exact) mass is 355 g/mol. The highest BCUT2D eigenvalue weighted by Crippen LogP contribution is 2.21. The number of likely N-dealkylation sites (tertiary alicyclic amines) is 1. The van der Waals surface area contributed by atoms with E-state index in [0.717, 1.165) is 26.2 Å². The van der Waals surface area contributed by atoms with Crippen LogP contribution in [0.5, 0.6) is 5.75 Å². The van der Waals surface area contributed by atoms with Gasteiger partial charge < -0.3 is 19.4 Å². The third kappa shape index (κ3) is 3.59. The quantitative estimate of drug-likeness (QED) is 0.849. The van der Waals surface area contributed by atoms with Crippen LogP contribution < -0.4 is 9.64 Å². The molecule has 0 radical (unpaired) electrons. The van der Waals surface area contributed by atoms with E-state index in [4.69, 9.17) is 4.74 Å². The summed E-state index contributed by atoms with van der Waals surface area (Å²) in [5, 5.41) is 0. The zero-order valence-electron chi connectivity index (χ0n) is 14.6. The number of nitrogens with zero attached hydrogens (tertiary/aromatic N) is 3. The molecule has 5 nitrogen and oxygen atoms in total. The number of amides is 2. The SMILES string of the molecule is O=C(N1CCN(c2ccccc2)CC1)N1CC(Oc2ccc(F)cc2)C1. The van der Waals surface area contributed by atoms with Gasteiger partial charge in [0.25, 0.3) is 0 Å². The summed E-state index contributed by atoms with van der Waals surface area (Å²) in [6, 6.07) is 16.4. The van der Waals surface area contributed by atoms with Crippen molar-refractivity contribution in [2.24, 2.45) is 0 Å². The maximum absolute atomic E-state index is 12.9. The molecule has 136 valence electrons. The van der Waals surface area contributed by atoms with Crippen molar-refractivity contribution < 1.29 is 13.9 Å². The van der Waals surface area contributed by atoms with Crippen molar-refractivity contribution >= 4 is 11.7 Å². The van der Waals surface area contributed by atoms with Crippen LogP contribution in [0, 0.1) is 5.82 Å². The number of anilines is 1. The van der Waals surface area contributed by atoms with E-state index in [2.05, 4.69) is 17.0 Å². The molecule has 0 atom stereocenters. The van der Waals surface area contributed by atoms with Crippen molar-refractivity contribution in [2.75, 3.05) is 44.2 Å². The van der Waals surface area contributed by atoms with Crippen LogP contribution in [0.3, 0.4) is 0 Å². The third-order valence-corrected chi connectivity index (χ3v) is 4.91. The van der Waals surface area contributed by atoms with Crippen molar-refractivity contribution in [2.45, 2.75) is 6.10 Å². The average Bonchev–Trinajstić information content (AvgIpc) is 2.66. The molecule has 26 heavy (non-hydrogen) atoms. The summed E-state index contributed by atoms with van der Waals surface area (Å²) in [6.45, 7) is 4.31. The fourth-order valence-electron chi connectivity index (χ4n) is 3.37. The maximum atomic E-state index is 12.9. The molecule has 2 saturated heterocycles. The molecule has 6 heteroatoms. The summed E-state index contributed by atoms with van der Waals surface area (Å²) < 4.78 is 18.7. The molecule has 0 spiro atoms. The second-order valence-electron chi connectivity index (χ2n) is 6.69. The Morgan fingerprint density at radius 3 is 2.19 bits per heavy atom. The number of carbonyl (C=O) groups is 1. The Bertz CT molecular complexity index is 739. The van der Waals surface area contributed by atoms with Gasteiger partial charge in [-0.05, 0) is 36.4 Å². The Labute approximate surface area is 152 Å². The number of ether oxygens (including phenoxy) is 1. The van der Waals surface area contributed by atoms with Crippen LogP contribution in [0.4, 0.5) is 14.9 Å². The van der Waals surface area contributed by atoms with Crippen LogP contribution in [-0.2, 0) is 0 Å². The van der Waals surface area contributed by atoms with Crippen LogP contribution in [0.15, 0.2) is 54.6 Å². The molecule has 2 fully saturated rings. The summed E-state index contributed by atoms with van der Waals surface area (Å²) in [4.78, 5) is 18.6. The van der Waals surface area contributed by atoms with E-state index in [0.29, 0.717) is 18.8 Å². The molecule has 0 bridgehead atoms. The molecule has 2 heterocycles. The summed E-state index contributed by atoms with van der Waals surface area (Å²) in [5.41, 5.74) is 1.20. The third-order valence-electron chi connectivity index (χ3n) is 4.91. The molecule has 2 aromatic carbocycles. The topological polar surface area (TPSA) is 36.0 Å². The fourth-order valence-corrected chi connectivity index (χ4v) is 3.37. The zero-order chi connectivity index (χ0) is 17.9. The molecule has 0 unspecified atom stereocenters. The molecular formula is C20H22FN3O2. The molecule has 2 aromatic rings. The maximum Gasteiger partial charge on any atom is 0.320 e. The Morgan fingerprint density at radius 1 is 0.885 bits per heavy atom. The highest BCUT2D eigenvalue weighted by molar-refractivity contribution is 5.76. The number of hydrogen-bond donors (Lipinski definition) is 0. The summed E-state index contributed by atoms with van der Waals surface area (Å²) >= 11 is 0. The van der Waals surface area contributed by atoms with E-state index in [-0.39, 0.29) is 18.0 Å². The number of rotatable bonds is 3. The van der Waals surface area contributed by atoms with Crippen molar-refractivity contribution in [1.29, 1.82) is 0 Å². The van der Waals surface area contributed by atoms with Crippen molar-refractivity contribution in [3.05, 3.63) is 60.4 Å². The lowest BCUT2D eigenvalue weighted by molar-refractivity contribution is 0.0302. The van der Waals surface area contributed by atoms with Gasteiger partial charge in [-0.3, -0.25) is 0 Å². The molecule has 2 amide bonds. The Morgan fingerprint density at radius 2 is 1.54 bits per heavy atom. The molecule has 0 saturated carbocycles. The number of para-hydroxylation sites is 1. The van der Waals surface area contributed by atoms with E-state index in [1.165, 1.54) is 17.8 Å². The summed E-state index contributed by atoms with van der Waals surface area (Å²) in [7, 11) is 0. The number of benzene rings is 2. The summed E-state index contributed by atoms with van der Waals surface area (Å²) in [6.07, 6.45) is -0.0185. The minimum atomic E-state index is -0.280. The van der Waals surface area contributed by atoms with Crippen LogP contribution in [0.2, 0.25) is 0 Å². The number of piperazine rings is 1. The second kappa shape index (κ2) is 7.23. The van der Waals surface area contributed by atoms with E-state index in [1.807, 2.05) is 28.0 Å². The van der Waals surface area contributed by atoms with E-state index >= 15 is 0 Å². The van der Waals surface area contributed by atoms with Crippen LogP contribution in [0.1, 0.15) is 0 Å². The van der Waals surface area contributed by atoms with Gasteiger partial charge in [0, 0.05) is 31.9 Å². The van der Waals surface area contributed by atoms with Crippen molar-refractivity contribution in [3.63, 3.8) is 0 Å². The van der Waals surface area contributed by atoms with Crippen LogP contribution >= 0.6 is 0 Å². The predicted molar refractivity (Wildman–Crippen MR) is 98.0 cm³/mol. The Hall–Kier alpha value is -2.76. The van der Waals surface area contributed by atoms with Gasteiger partial charge in [0.05, 0.1) is 13.1 Å². The van der Waals surface area contributed by atoms with Gasteiger partial charge in [0.1, 0.15) is 17.7 Å². The predicted octanol–water partition coefficient (Wildman–Crippen LogP) is 2.83. The van der Waals surface area contributed by atoms with Crippen molar-refractivity contribution in [3.8, 4) is 5.75 Å². The van der Waals surface area contributed by atoms with Gasteiger partial charge in [0.2, 0.25) is 0 Å². The number of halogens is 1. The number of urea groups is 1. The van der Waals surface area contributed by atoms with Gasteiger partial charge in [0.15, 0.2) is 0 Å². The highest BCUT2D eigenvalue weighted by Gasteiger charge is 2.35. The first-order chi connectivity index (χ1) is 12.7. The lowest BCUT2D eigenvalue weighted by Gasteiger charge is -2.44. The molecule has 0 N–H and O–H groups in total. The molecule has 0 aromatic heterocycles. The molecular weight excluding hydrogens is 333 g/mol. The summed E-state index contributed by atoms with van der Waals surface area (Å²) in [5.74, 6) is 0.359. The first-order valence-corrected chi connectivity index (χ1v) is 8.95. The Kier molecular flexibility index (Phi) is 4.65. The van der Waals surface area contributed by atoms with Gasteiger partial charge in [-0.1, -0.05) is 18.2 Å². The minimum absolute atomic E-state index is 0.0185. The van der Waals surface area contributed by atoms with E-state index in [9.17, 15) is 9.18 Å². The van der Waals surface area contributed by atoms with Gasteiger partial charge in [-0.15, -0.1) is 0 Å². The minimum Gasteiger partial charge on any atom is -0.487 e. The lowest BCUT2D eigenvalue weighted by Crippen LogP contribution is -2.61. The van der Waals surface area contributed by atoms with Crippen LogP contribution in [0.25, 0.3) is 0 Å². The molecule has 0 aliphatic carbocycles. The van der Waals surface area contributed by atoms with Crippen LogP contribution in [-0.4, -0.2) is 61.2 Å². The second-order valence-corrected chi connectivity index (χ2v) is 6.69. The Balaban J connectivity index is 1.23. The fraction of sp³-hybridized carbons (Fsp3) is 0.350. The molecule has 2 aliphatic heterocycles. The normalized spacial score (nSPS) is 17.8. The standard InChI is InChI=1S/C20H22FN3O2/c21-16-6-8-18(9-7-16)26-19-14-24(15-19)20(25)23-12-10-22(11-13-23)17-4-2-1-3-5-17/h1-9,19H,10-15H2.